The number of nitrogens with zero attached hydrogens (tertiary/aromatic N) is 3. The van der Waals surface area contributed by atoms with Crippen molar-refractivity contribution in [3.63, 3.8) is 0 Å². The Morgan fingerprint density at radius 3 is 2.30 bits per heavy atom. The average Bonchev–Trinajstić information content (AvgIpc) is 3.07. The van der Waals surface area contributed by atoms with Crippen molar-refractivity contribution >= 4 is 23.2 Å². The van der Waals surface area contributed by atoms with Gasteiger partial charge in [0.25, 0.3) is 12.9 Å². The number of aryl methyl sites for hydroxylation is 1. The number of nitrogens with one attached hydrogen (secondary N) is 2. The lowest BCUT2D eigenvalue weighted by atomic mass is 10.2. The molecule has 0 aliphatic carbocycles. The third-order valence-corrected chi connectivity index (χ3v) is 3.92. The number of carbonyl (C=O) groups excluding carboxylic acids is 1. The number of amides is 1. The minimum atomic E-state index is -4.90. The largest absolute Gasteiger partial charge is 0.437 e. The molecular formula is C13H11ClF7N5O. The second-order valence-electron chi connectivity index (χ2n) is 5.37. The van der Waals surface area contributed by atoms with E-state index in [0.29, 0.717) is 0 Å². The molecule has 150 valence electrons. The summed E-state index contributed by atoms with van der Waals surface area (Å²) in [5.74, 6) is -1.22. The Balaban J connectivity index is 2.40. The highest BCUT2D eigenvalue weighted by Gasteiger charge is 2.39. The van der Waals surface area contributed by atoms with Crippen molar-refractivity contribution in [3.8, 4) is 0 Å². The van der Waals surface area contributed by atoms with Gasteiger partial charge in [-0.15, -0.1) is 0 Å². The molecule has 1 unspecified atom stereocenters. The molecule has 27 heavy (non-hydrogen) atoms. The molecule has 1 amide bonds. The van der Waals surface area contributed by atoms with E-state index in [1.54, 1.807) is 0 Å². The molecule has 0 saturated heterocycles. The highest BCUT2D eigenvalue weighted by atomic mass is 35.5. The summed E-state index contributed by atoms with van der Waals surface area (Å²) < 4.78 is 91.0. The SMILES string of the molecule is Cc1[nH]nc(C(F)(F)F)c1NC(=O)C(C)n1nc(C(F)F)c(Cl)c1C(F)F. The molecule has 2 N–H and O–H groups in total. The number of aromatic amines is 1. The molecule has 0 radical (unpaired) electrons. The number of hydrogen-bond acceptors (Lipinski definition) is 3. The first-order chi connectivity index (χ1) is 12.4. The van der Waals surface area contributed by atoms with Crippen LogP contribution < -0.4 is 5.32 Å². The number of rotatable bonds is 5. The number of hydrogen-bond donors (Lipinski definition) is 2. The number of H-pyrrole nitrogens is 1. The first-order valence-electron chi connectivity index (χ1n) is 7.13. The molecule has 2 rings (SSSR count). The van der Waals surface area contributed by atoms with Crippen molar-refractivity contribution in [3.05, 3.63) is 27.8 Å². The van der Waals surface area contributed by atoms with Crippen LogP contribution in [0.4, 0.5) is 36.4 Å². The predicted molar refractivity (Wildman–Crippen MR) is 78.8 cm³/mol. The number of carbonyl (C=O) groups is 1. The standard InChI is InChI=1S/C13H11ClF7N5O/c1-3-6(9(24-23-3)13(19,20)21)22-12(27)4(2)26-8(11(17)18)5(14)7(25-26)10(15)16/h4,10-11H,1-2H3,(H,22,27)(H,23,24). The third-order valence-electron chi connectivity index (χ3n) is 3.54. The number of halogens is 8. The van der Waals surface area contributed by atoms with E-state index >= 15 is 0 Å². The summed E-state index contributed by atoms with van der Waals surface area (Å²) in [5.41, 5.74) is -4.60. The van der Waals surface area contributed by atoms with Gasteiger partial charge in [-0.3, -0.25) is 9.89 Å². The molecule has 1 atom stereocenters. The molecule has 0 fully saturated rings. The highest BCUT2D eigenvalue weighted by Crippen LogP contribution is 2.37. The van der Waals surface area contributed by atoms with E-state index in [1.807, 2.05) is 10.4 Å². The minimum absolute atomic E-state index is 0.149. The summed E-state index contributed by atoms with van der Waals surface area (Å²) in [6.07, 6.45) is -11.5. The summed E-state index contributed by atoms with van der Waals surface area (Å²) in [7, 11) is 0. The summed E-state index contributed by atoms with van der Waals surface area (Å²) in [4.78, 5) is 12.3. The van der Waals surface area contributed by atoms with Gasteiger partial charge in [0.15, 0.2) is 5.69 Å². The van der Waals surface area contributed by atoms with Crippen molar-refractivity contribution in [1.29, 1.82) is 0 Å². The fraction of sp³-hybridized carbons (Fsp3) is 0.462. The quantitative estimate of drug-likeness (QED) is 0.689. The molecule has 0 saturated carbocycles. The van der Waals surface area contributed by atoms with Gasteiger partial charge in [-0.2, -0.15) is 23.4 Å². The zero-order valence-corrected chi connectivity index (χ0v) is 14.3. The Hall–Kier alpha value is -2.31. The van der Waals surface area contributed by atoms with Crippen LogP contribution >= 0.6 is 11.6 Å². The monoisotopic (exact) mass is 421 g/mol. The van der Waals surface area contributed by atoms with Gasteiger partial charge in [0.05, 0.1) is 16.4 Å². The van der Waals surface area contributed by atoms with Gasteiger partial charge in [-0.1, -0.05) is 11.6 Å². The zero-order chi connectivity index (χ0) is 20.7. The Bertz CT molecular complexity index is 845. The summed E-state index contributed by atoms with van der Waals surface area (Å²) >= 11 is 5.48. The zero-order valence-electron chi connectivity index (χ0n) is 13.5. The van der Waals surface area contributed by atoms with E-state index in [9.17, 15) is 35.5 Å². The topological polar surface area (TPSA) is 75.6 Å². The normalized spacial score (nSPS) is 13.5. The third kappa shape index (κ3) is 4.01. The van der Waals surface area contributed by atoms with Crippen LogP contribution in [0.2, 0.25) is 5.02 Å². The lowest BCUT2D eigenvalue weighted by Gasteiger charge is -2.16. The van der Waals surface area contributed by atoms with Crippen molar-refractivity contribution in [2.45, 2.75) is 38.9 Å². The summed E-state index contributed by atoms with van der Waals surface area (Å²) in [6, 6.07) is -1.67. The van der Waals surface area contributed by atoms with E-state index in [0.717, 1.165) is 6.92 Å². The molecule has 6 nitrogen and oxygen atoms in total. The maximum atomic E-state index is 13.2. The molecule has 2 heterocycles. The molecule has 2 aromatic rings. The fourth-order valence-corrected chi connectivity index (χ4v) is 2.49. The van der Waals surface area contributed by atoms with Gasteiger partial charge < -0.3 is 5.32 Å². The van der Waals surface area contributed by atoms with E-state index < -0.39 is 58.8 Å². The molecule has 0 bridgehead atoms. The van der Waals surface area contributed by atoms with Gasteiger partial charge >= 0.3 is 6.18 Å². The Morgan fingerprint density at radius 1 is 1.22 bits per heavy atom. The van der Waals surface area contributed by atoms with E-state index in [1.165, 1.54) is 6.92 Å². The Labute approximate surface area is 151 Å². The second kappa shape index (κ2) is 7.37. The first-order valence-corrected chi connectivity index (χ1v) is 7.51. The van der Waals surface area contributed by atoms with Crippen LogP contribution in [-0.4, -0.2) is 25.9 Å². The summed E-state index contributed by atoms with van der Waals surface area (Å²) in [5, 5.41) is 9.17. The van der Waals surface area contributed by atoms with Crippen LogP contribution in [0.3, 0.4) is 0 Å². The molecule has 0 aliphatic heterocycles. The highest BCUT2D eigenvalue weighted by molar-refractivity contribution is 6.32. The van der Waals surface area contributed by atoms with Crippen LogP contribution in [0.15, 0.2) is 0 Å². The van der Waals surface area contributed by atoms with Crippen molar-refractivity contribution in [1.82, 2.24) is 20.0 Å². The van der Waals surface area contributed by atoms with Gasteiger partial charge in [0.1, 0.15) is 17.4 Å². The summed E-state index contributed by atoms with van der Waals surface area (Å²) in [6.45, 7) is 2.18. The van der Waals surface area contributed by atoms with Crippen LogP contribution in [0.1, 0.15) is 48.6 Å². The fourth-order valence-electron chi connectivity index (χ4n) is 2.20. The van der Waals surface area contributed by atoms with Crippen LogP contribution in [-0.2, 0) is 11.0 Å². The maximum absolute atomic E-state index is 13.2. The Kier molecular flexibility index (Phi) is 5.73. The van der Waals surface area contributed by atoms with E-state index in [2.05, 4.69) is 10.2 Å². The van der Waals surface area contributed by atoms with Crippen molar-refractivity contribution < 1.29 is 35.5 Å². The van der Waals surface area contributed by atoms with Crippen molar-refractivity contribution in [2.24, 2.45) is 0 Å². The molecular weight excluding hydrogens is 411 g/mol. The van der Waals surface area contributed by atoms with Crippen LogP contribution in [0, 0.1) is 6.92 Å². The lowest BCUT2D eigenvalue weighted by Crippen LogP contribution is -2.27. The van der Waals surface area contributed by atoms with Gasteiger partial charge in [0, 0.05) is 0 Å². The number of anilines is 1. The number of aromatic nitrogens is 4. The molecule has 0 aromatic carbocycles. The smallest absolute Gasteiger partial charge is 0.321 e. The maximum Gasteiger partial charge on any atom is 0.437 e. The molecule has 14 heteroatoms. The van der Waals surface area contributed by atoms with Gasteiger partial charge in [-0.25, -0.2) is 22.2 Å². The van der Waals surface area contributed by atoms with Crippen LogP contribution in [0.25, 0.3) is 0 Å². The average molecular weight is 422 g/mol. The second-order valence-corrected chi connectivity index (χ2v) is 5.74. The van der Waals surface area contributed by atoms with Crippen LogP contribution in [0.5, 0.6) is 0 Å². The molecule has 0 aliphatic rings. The van der Waals surface area contributed by atoms with Gasteiger partial charge in [-0.05, 0) is 13.8 Å². The van der Waals surface area contributed by atoms with Gasteiger partial charge in [0.2, 0.25) is 5.91 Å². The molecule has 2 aromatic heterocycles. The number of alkyl halides is 7. The van der Waals surface area contributed by atoms with E-state index in [-0.39, 0.29) is 10.4 Å². The van der Waals surface area contributed by atoms with Crippen molar-refractivity contribution in [2.75, 3.05) is 5.32 Å². The predicted octanol–water partition coefficient (Wildman–Crippen LogP) is 4.66. The lowest BCUT2D eigenvalue weighted by molar-refractivity contribution is -0.140. The molecule has 0 spiro atoms. The van der Waals surface area contributed by atoms with E-state index in [4.69, 9.17) is 11.6 Å². The minimum Gasteiger partial charge on any atom is -0.321 e. The Morgan fingerprint density at radius 2 is 1.81 bits per heavy atom. The first kappa shape index (κ1) is 21.0.